The van der Waals surface area contributed by atoms with Gasteiger partial charge in [0.1, 0.15) is 0 Å². The topological polar surface area (TPSA) is 62.2 Å². The van der Waals surface area contributed by atoms with Crippen molar-refractivity contribution in [2.75, 3.05) is 0 Å². The second-order valence-corrected chi connectivity index (χ2v) is 6.97. The second kappa shape index (κ2) is 5.69. The number of rotatable bonds is 2. The third kappa shape index (κ3) is 3.07. The molecule has 0 saturated carbocycles. The van der Waals surface area contributed by atoms with Crippen molar-refractivity contribution in [2.24, 2.45) is 5.41 Å². The molecule has 3 rings (SSSR count). The Labute approximate surface area is 136 Å². The van der Waals surface area contributed by atoms with Crippen molar-refractivity contribution in [3.05, 3.63) is 53.3 Å². The lowest BCUT2D eigenvalue weighted by Gasteiger charge is -2.40. The number of fused-ring (bicyclic) bond motifs is 1. The highest BCUT2D eigenvalue weighted by Crippen LogP contribution is 2.44. The minimum absolute atomic E-state index is 0.0832. The maximum Gasteiger partial charge on any atom is 0.405 e. The molecule has 1 aliphatic carbocycles. The molecule has 0 aliphatic heterocycles. The van der Waals surface area contributed by atoms with Crippen molar-refractivity contribution in [3.63, 3.8) is 0 Å². The van der Waals surface area contributed by atoms with Gasteiger partial charge in [-0.15, -0.1) is 0 Å². The average molecular weight is 310 g/mol. The number of carboxylic acid groups (broad SMARTS) is 1. The van der Waals surface area contributed by atoms with E-state index in [1.54, 1.807) is 0 Å². The van der Waals surface area contributed by atoms with Crippen LogP contribution in [0.15, 0.2) is 36.5 Å². The standard InChI is InChI=1S/C19H22N2O2/c1-12-10-14(7-9-20-12)13-4-5-16-15(11-13)6-8-19(2,3)17(16)21-18(22)23/h4-5,7,9-11,17,21H,6,8H2,1-3H3,(H,22,23). The maximum atomic E-state index is 11.2. The third-order valence-corrected chi connectivity index (χ3v) is 4.77. The summed E-state index contributed by atoms with van der Waals surface area (Å²) in [6.45, 7) is 6.23. The average Bonchev–Trinajstić information content (AvgIpc) is 2.49. The number of aromatic nitrogens is 1. The zero-order chi connectivity index (χ0) is 16.6. The Morgan fingerprint density at radius 2 is 2.00 bits per heavy atom. The summed E-state index contributed by atoms with van der Waals surface area (Å²) in [5, 5.41) is 11.9. The van der Waals surface area contributed by atoms with Gasteiger partial charge in [0.15, 0.2) is 0 Å². The first-order chi connectivity index (χ1) is 10.9. The smallest absolute Gasteiger partial charge is 0.405 e. The molecule has 1 amide bonds. The van der Waals surface area contributed by atoms with Gasteiger partial charge in [0.05, 0.1) is 6.04 Å². The molecular weight excluding hydrogens is 288 g/mol. The molecule has 1 aromatic carbocycles. The number of carbonyl (C=O) groups is 1. The highest BCUT2D eigenvalue weighted by Gasteiger charge is 2.36. The van der Waals surface area contributed by atoms with Crippen LogP contribution in [0.4, 0.5) is 4.79 Å². The molecule has 1 heterocycles. The predicted molar refractivity (Wildman–Crippen MR) is 90.4 cm³/mol. The summed E-state index contributed by atoms with van der Waals surface area (Å²) in [5.74, 6) is 0. The van der Waals surface area contributed by atoms with Crippen LogP contribution in [-0.4, -0.2) is 16.2 Å². The lowest BCUT2D eigenvalue weighted by molar-refractivity contribution is 0.161. The van der Waals surface area contributed by atoms with E-state index in [-0.39, 0.29) is 11.5 Å². The molecule has 1 aliphatic rings. The Hall–Kier alpha value is -2.36. The van der Waals surface area contributed by atoms with E-state index in [1.807, 2.05) is 19.2 Å². The van der Waals surface area contributed by atoms with E-state index >= 15 is 0 Å². The minimum Gasteiger partial charge on any atom is -0.465 e. The van der Waals surface area contributed by atoms with E-state index in [0.29, 0.717) is 0 Å². The van der Waals surface area contributed by atoms with E-state index in [0.717, 1.165) is 35.2 Å². The summed E-state index contributed by atoms with van der Waals surface area (Å²) < 4.78 is 0. The normalized spacial score (nSPS) is 19.0. The SMILES string of the molecule is Cc1cc(-c2ccc3c(c2)CCC(C)(C)C3NC(=O)O)ccn1. The van der Waals surface area contributed by atoms with Gasteiger partial charge in [0.2, 0.25) is 0 Å². The molecule has 0 saturated heterocycles. The van der Waals surface area contributed by atoms with Crippen LogP contribution in [0.5, 0.6) is 0 Å². The van der Waals surface area contributed by atoms with Crippen LogP contribution in [0, 0.1) is 12.3 Å². The fraction of sp³-hybridized carbons (Fsp3) is 0.368. The van der Waals surface area contributed by atoms with Gasteiger partial charge in [0, 0.05) is 11.9 Å². The van der Waals surface area contributed by atoms with E-state index < -0.39 is 6.09 Å². The molecule has 1 aromatic heterocycles. The molecule has 0 bridgehead atoms. The van der Waals surface area contributed by atoms with Gasteiger partial charge in [0.25, 0.3) is 0 Å². The summed E-state index contributed by atoms with van der Waals surface area (Å²) in [7, 11) is 0. The lowest BCUT2D eigenvalue weighted by atomic mass is 9.70. The van der Waals surface area contributed by atoms with Crippen LogP contribution in [0.1, 0.15) is 43.1 Å². The van der Waals surface area contributed by atoms with E-state index in [1.165, 1.54) is 5.56 Å². The predicted octanol–water partition coefficient (Wildman–Crippen LogP) is 4.34. The summed E-state index contributed by atoms with van der Waals surface area (Å²) in [6.07, 6.45) is 2.79. The van der Waals surface area contributed by atoms with Crippen LogP contribution in [0.3, 0.4) is 0 Å². The highest BCUT2D eigenvalue weighted by molar-refractivity contribution is 5.68. The molecule has 0 radical (unpaired) electrons. The number of hydrogen-bond donors (Lipinski definition) is 2. The van der Waals surface area contributed by atoms with Crippen molar-refractivity contribution >= 4 is 6.09 Å². The first-order valence-corrected chi connectivity index (χ1v) is 7.92. The summed E-state index contributed by atoms with van der Waals surface area (Å²) in [5.41, 5.74) is 5.54. The van der Waals surface area contributed by atoms with Gasteiger partial charge in [-0.25, -0.2) is 4.79 Å². The Bertz CT molecular complexity index is 753. The molecule has 1 atom stereocenters. The van der Waals surface area contributed by atoms with Gasteiger partial charge in [-0.3, -0.25) is 4.98 Å². The van der Waals surface area contributed by atoms with Crippen molar-refractivity contribution in [3.8, 4) is 11.1 Å². The number of nitrogens with one attached hydrogen (secondary N) is 1. The number of aryl methyl sites for hydroxylation is 2. The quantitative estimate of drug-likeness (QED) is 0.867. The van der Waals surface area contributed by atoms with Gasteiger partial charge in [-0.2, -0.15) is 0 Å². The third-order valence-electron chi connectivity index (χ3n) is 4.77. The molecular formula is C19H22N2O2. The Morgan fingerprint density at radius 3 is 2.70 bits per heavy atom. The monoisotopic (exact) mass is 310 g/mol. The molecule has 0 spiro atoms. The van der Waals surface area contributed by atoms with E-state index in [4.69, 9.17) is 5.11 Å². The Morgan fingerprint density at radius 1 is 1.26 bits per heavy atom. The van der Waals surface area contributed by atoms with Crippen LogP contribution in [0.2, 0.25) is 0 Å². The fourth-order valence-corrected chi connectivity index (χ4v) is 3.43. The number of benzene rings is 1. The molecule has 23 heavy (non-hydrogen) atoms. The number of nitrogens with zero attached hydrogens (tertiary/aromatic N) is 1. The van der Waals surface area contributed by atoms with Crippen molar-refractivity contribution < 1.29 is 9.90 Å². The molecule has 2 aromatic rings. The van der Waals surface area contributed by atoms with Crippen molar-refractivity contribution in [1.82, 2.24) is 10.3 Å². The van der Waals surface area contributed by atoms with Gasteiger partial charge < -0.3 is 10.4 Å². The van der Waals surface area contributed by atoms with Crippen LogP contribution < -0.4 is 5.32 Å². The Kier molecular flexibility index (Phi) is 3.84. The summed E-state index contributed by atoms with van der Waals surface area (Å²) in [4.78, 5) is 15.4. The van der Waals surface area contributed by atoms with E-state index in [2.05, 4.69) is 48.4 Å². The summed E-state index contributed by atoms with van der Waals surface area (Å²) >= 11 is 0. The molecule has 2 N–H and O–H groups in total. The zero-order valence-corrected chi connectivity index (χ0v) is 13.8. The van der Waals surface area contributed by atoms with Crippen LogP contribution in [0.25, 0.3) is 11.1 Å². The molecule has 120 valence electrons. The number of amides is 1. The van der Waals surface area contributed by atoms with Crippen molar-refractivity contribution in [2.45, 2.75) is 39.7 Å². The molecule has 4 nitrogen and oxygen atoms in total. The Balaban J connectivity index is 2.02. The summed E-state index contributed by atoms with van der Waals surface area (Å²) in [6, 6.07) is 10.2. The van der Waals surface area contributed by atoms with Crippen LogP contribution >= 0.6 is 0 Å². The molecule has 4 heteroatoms. The van der Waals surface area contributed by atoms with Gasteiger partial charge >= 0.3 is 6.09 Å². The van der Waals surface area contributed by atoms with E-state index in [9.17, 15) is 4.79 Å². The lowest BCUT2D eigenvalue weighted by Crippen LogP contribution is -2.40. The second-order valence-electron chi connectivity index (χ2n) is 6.97. The molecule has 1 unspecified atom stereocenters. The first-order valence-electron chi connectivity index (χ1n) is 7.92. The van der Waals surface area contributed by atoms with Crippen LogP contribution in [-0.2, 0) is 6.42 Å². The maximum absolute atomic E-state index is 11.2. The first kappa shape index (κ1) is 15.5. The highest BCUT2D eigenvalue weighted by atomic mass is 16.4. The fourth-order valence-electron chi connectivity index (χ4n) is 3.43. The van der Waals surface area contributed by atoms with Gasteiger partial charge in [-0.1, -0.05) is 32.0 Å². The minimum atomic E-state index is -0.968. The number of hydrogen-bond acceptors (Lipinski definition) is 2. The van der Waals surface area contributed by atoms with Crippen molar-refractivity contribution in [1.29, 1.82) is 0 Å². The van der Waals surface area contributed by atoms with Gasteiger partial charge in [-0.05, 0) is 59.6 Å². The molecule has 0 fully saturated rings. The zero-order valence-electron chi connectivity index (χ0n) is 13.8. The number of pyridine rings is 1. The largest absolute Gasteiger partial charge is 0.465 e.